The molecule has 0 bridgehead atoms. The summed E-state index contributed by atoms with van der Waals surface area (Å²) in [6.45, 7) is 3.45. The number of furan rings is 1. The lowest BCUT2D eigenvalue weighted by molar-refractivity contribution is -0.384. The Kier molecular flexibility index (Phi) is 7.45. The van der Waals surface area contributed by atoms with Crippen LogP contribution >= 0.6 is 34.5 Å². The number of rotatable bonds is 6. The van der Waals surface area contributed by atoms with Gasteiger partial charge in [-0.2, -0.15) is 0 Å². The van der Waals surface area contributed by atoms with E-state index in [-0.39, 0.29) is 38.2 Å². The smallest absolute Gasteiger partial charge is 0.338 e. The molecule has 0 saturated heterocycles. The number of halogens is 3. The van der Waals surface area contributed by atoms with Crippen LogP contribution in [0, 0.1) is 15.9 Å². The summed E-state index contributed by atoms with van der Waals surface area (Å²) in [7, 11) is 0. The summed E-state index contributed by atoms with van der Waals surface area (Å²) in [5.41, 5.74) is 0.627. The van der Waals surface area contributed by atoms with E-state index in [4.69, 9.17) is 32.4 Å². The molecular formula is C27H18Cl2FN3O6S. The fourth-order valence-electron chi connectivity index (χ4n) is 4.32. The number of ether oxygens (including phenoxy) is 1. The Morgan fingerprint density at radius 3 is 2.62 bits per heavy atom. The Balaban J connectivity index is 1.61. The van der Waals surface area contributed by atoms with Crippen molar-refractivity contribution in [2.75, 3.05) is 6.61 Å². The molecule has 3 heterocycles. The van der Waals surface area contributed by atoms with Gasteiger partial charge >= 0.3 is 5.97 Å². The number of carbonyl (C=O) groups is 1. The average molecular weight is 602 g/mol. The van der Waals surface area contributed by atoms with E-state index in [1.54, 1.807) is 26.0 Å². The normalized spacial score (nSPS) is 15.1. The molecule has 2 aromatic heterocycles. The van der Waals surface area contributed by atoms with Crippen LogP contribution in [0.4, 0.5) is 10.1 Å². The molecule has 0 amide bonds. The fourth-order valence-corrected chi connectivity index (χ4v) is 5.83. The predicted octanol–water partition coefficient (Wildman–Crippen LogP) is 5.41. The van der Waals surface area contributed by atoms with Crippen molar-refractivity contribution in [1.29, 1.82) is 0 Å². The molecule has 2 aromatic carbocycles. The van der Waals surface area contributed by atoms with Crippen LogP contribution in [-0.4, -0.2) is 22.1 Å². The first-order valence-corrected chi connectivity index (χ1v) is 13.3. The van der Waals surface area contributed by atoms with Gasteiger partial charge in [-0.25, -0.2) is 14.2 Å². The van der Waals surface area contributed by atoms with Crippen LogP contribution in [0.3, 0.4) is 0 Å². The topological polar surface area (TPSA) is 117 Å². The second-order valence-electron chi connectivity index (χ2n) is 8.60. The zero-order valence-electron chi connectivity index (χ0n) is 20.8. The fraction of sp³-hybridized carbons (Fsp3) is 0.148. The minimum Gasteiger partial charge on any atom is -0.463 e. The Morgan fingerprint density at radius 1 is 1.23 bits per heavy atom. The third-order valence-electron chi connectivity index (χ3n) is 6.10. The summed E-state index contributed by atoms with van der Waals surface area (Å²) in [6.07, 6.45) is 1.51. The summed E-state index contributed by atoms with van der Waals surface area (Å²) in [6, 6.07) is 10.3. The van der Waals surface area contributed by atoms with E-state index >= 15 is 0 Å². The summed E-state index contributed by atoms with van der Waals surface area (Å²) < 4.78 is 26.5. The number of benzene rings is 2. The van der Waals surface area contributed by atoms with Crippen molar-refractivity contribution < 1.29 is 23.3 Å². The average Bonchev–Trinajstić information content (AvgIpc) is 3.49. The van der Waals surface area contributed by atoms with Crippen molar-refractivity contribution >= 4 is 52.3 Å². The van der Waals surface area contributed by atoms with Gasteiger partial charge < -0.3 is 9.15 Å². The Morgan fingerprint density at radius 2 is 1.95 bits per heavy atom. The SMILES string of the molecule is CCOC(=O)C1=C(C)N=c2sc(=Cc3ccc(-c4cc(Cl)c([N+](=O)[O-])cc4Cl)o3)c(=O)n2C1c1ccc(F)cc1. The molecule has 0 spiro atoms. The van der Waals surface area contributed by atoms with Gasteiger partial charge in [0.1, 0.15) is 22.4 Å². The van der Waals surface area contributed by atoms with E-state index in [1.165, 1.54) is 41.0 Å². The summed E-state index contributed by atoms with van der Waals surface area (Å²) in [5, 5.41) is 11.1. The van der Waals surface area contributed by atoms with Gasteiger partial charge in [-0.15, -0.1) is 0 Å². The van der Waals surface area contributed by atoms with E-state index in [1.807, 2.05) is 0 Å². The molecular weight excluding hydrogens is 584 g/mol. The van der Waals surface area contributed by atoms with Gasteiger partial charge in [0.05, 0.1) is 38.4 Å². The standard InChI is InChI=1S/C27H18Cl2FN3O6S/c1-3-38-26(35)23-13(2)31-27-32(24(23)14-4-6-15(30)7-5-14)25(34)22(40-27)10-16-8-9-21(39-16)17-11-19(29)20(33(36)37)12-18(17)28/h4-12,24H,3H2,1-2H3. The number of fused-ring (bicyclic) bond motifs is 1. The molecule has 1 unspecified atom stereocenters. The van der Waals surface area contributed by atoms with Crippen molar-refractivity contribution in [3.8, 4) is 11.3 Å². The second kappa shape index (κ2) is 10.8. The number of allylic oxidation sites excluding steroid dienone is 1. The number of nitro groups is 1. The van der Waals surface area contributed by atoms with Crippen molar-refractivity contribution in [2.24, 2.45) is 4.99 Å². The van der Waals surface area contributed by atoms with Crippen LogP contribution < -0.4 is 14.9 Å². The summed E-state index contributed by atoms with van der Waals surface area (Å²) in [5.74, 6) is -0.504. The molecule has 204 valence electrons. The minimum atomic E-state index is -0.883. The molecule has 9 nitrogen and oxygen atoms in total. The van der Waals surface area contributed by atoms with Crippen molar-refractivity contribution in [1.82, 2.24) is 4.57 Å². The van der Waals surface area contributed by atoms with Crippen LogP contribution in [0.1, 0.15) is 31.2 Å². The molecule has 1 aliphatic rings. The molecule has 1 atom stereocenters. The summed E-state index contributed by atoms with van der Waals surface area (Å²) >= 11 is 13.4. The Hall–Kier alpha value is -4.06. The third-order valence-corrected chi connectivity index (χ3v) is 7.70. The maximum atomic E-state index is 13.7. The molecule has 0 fully saturated rings. The van der Waals surface area contributed by atoms with Crippen molar-refractivity contribution in [3.63, 3.8) is 0 Å². The maximum absolute atomic E-state index is 13.7. The van der Waals surface area contributed by atoms with Gasteiger partial charge in [-0.05, 0) is 49.7 Å². The first kappa shape index (κ1) is 27.5. The number of nitrogens with zero attached hydrogens (tertiary/aromatic N) is 3. The molecule has 0 saturated carbocycles. The number of carbonyl (C=O) groups excluding carboxylic acids is 1. The van der Waals surface area contributed by atoms with Crippen LogP contribution in [0.2, 0.25) is 10.0 Å². The molecule has 13 heteroatoms. The highest BCUT2D eigenvalue weighted by molar-refractivity contribution is 7.07. The maximum Gasteiger partial charge on any atom is 0.338 e. The number of thiazole rings is 1. The lowest BCUT2D eigenvalue weighted by Gasteiger charge is -2.24. The lowest BCUT2D eigenvalue weighted by atomic mass is 9.96. The first-order chi connectivity index (χ1) is 19.1. The third kappa shape index (κ3) is 4.99. The van der Waals surface area contributed by atoms with Crippen molar-refractivity contribution in [3.05, 3.63) is 117 Å². The van der Waals surface area contributed by atoms with Gasteiger partial charge in [0, 0.05) is 17.7 Å². The molecule has 5 rings (SSSR count). The number of esters is 1. The van der Waals surface area contributed by atoms with Crippen LogP contribution in [0.5, 0.6) is 0 Å². The van der Waals surface area contributed by atoms with Gasteiger partial charge in [0.25, 0.3) is 11.2 Å². The molecule has 1 aliphatic heterocycles. The first-order valence-electron chi connectivity index (χ1n) is 11.8. The molecule has 0 N–H and O–H groups in total. The van der Waals surface area contributed by atoms with E-state index in [9.17, 15) is 24.1 Å². The monoisotopic (exact) mass is 601 g/mol. The second-order valence-corrected chi connectivity index (χ2v) is 10.4. The molecule has 0 radical (unpaired) electrons. The van der Waals surface area contributed by atoms with E-state index in [0.717, 1.165) is 17.4 Å². The highest BCUT2D eigenvalue weighted by Crippen LogP contribution is 2.37. The number of hydrogen-bond donors (Lipinski definition) is 0. The number of aromatic nitrogens is 1. The molecule has 0 aliphatic carbocycles. The quantitative estimate of drug-likeness (QED) is 0.166. The van der Waals surface area contributed by atoms with Gasteiger partial charge in [-0.3, -0.25) is 19.5 Å². The van der Waals surface area contributed by atoms with Crippen LogP contribution in [0.25, 0.3) is 17.4 Å². The molecule has 40 heavy (non-hydrogen) atoms. The van der Waals surface area contributed by atoms with Gasteiger partial charge in [0.15, 0.2) is 4.80 Å². The zero-order chi connectivity index (χ0) is 28.7. The van der Waals surface area contributed by atoms with Gasteiger partial charge in [-0.1, -0.05) is 46.7 Å². The lowest BCUT2D eigenvalue weighted by Crippen LogP contribution is -2.39. The largest absolute Gasteiger partial charge is 0.463 e. The Labute approximate surface area is 239 Å². The van der Waals surface area contributed by atoms with E-state index in [2.05, 4.69) is 4.99 Å². The van der Waals surface area contributed by atoms with Crippen LogP contribution in [0.15, 0.2) is 74.0 Å². The zero-order valence-corrected chi connectivity index (χ0v) is 23.1. The van der Waals surface area contributed by atoms with Crippen LogP contribution in [-0.2, 0) is 9.53 Å². The Bertz CT molecular complexity index is 1890. The predicted molar refractivity (Wildman–Crippen MR) is 148 cm³/mol. The molecule has 4 aromatic rings. The van der Waals surface area contributed by atoms with E-state index < -0.39 is 28.3 Å². The summed E-state index contributed by atoms with van der Waals surface area (Å²) in [4.78, 5) is 41.9. The van der Waals surface area contributed by atoms with E-state index in [0.29, 0.717) is 27.4 Å². The van der Waals surface area contributed by atoms with Crippen molar-refractivity contribution in [2.45, 2.75) is 19.9 Å². The highest BCUT2D eigenvalue weighted by Gasteiger charge is 2.33. The number of hydrogen-bond acceptors (Lipinski definition) is 8. The highest BCUT2D eigenvalue weighted by atomic mass is 35.5. The minimum absolute atomic E-state index is 0.0673. The number of nitro benzene ring substituents is 1. The van der Waals surface area contributed by atoms with Gasteiger partial charge in [0.2, 0.25) is 0 Å².